The molecule has 3 heteroatoms. The molecule has 0 spiro atoms. The Bertz CT molecular complexity index is 250. The molecule has 1 unspecified atom stereocenters. The molecule has 1 fully saturated rings. The monoisotopic (exact) mass is 212 g/mol. The lowest BCUT2D eigenvalue weighted by Crippen LogP contribution is -2.44. The van der Waals surface area contributed by atoms with Crippen molar-refractivity contribution in [3.63, 3.8) is 0 Å². The number of nitrogens with one attached hydrogen (secondary N) is 1. The van der Waals surface area contributed by atoms with Crippen LogP contribution in [-0.4, -0.2) is 29.6 Å². The van der Waals surface area contributed by atoms with Gasteiger partial charge in [-0.3, -0.25) is 10.1 Å². The molecular formula is C12H24N2O. The fourth-order valence-electron chi connectivity index (χ4n) is 1.80. The van der Waals surface area contributed by atoms with Gasteiger partial charge in [-0.05, 0) is 25.2 Å². The Balaban J connectivity index is 2.65. The predicted octanol–water partition coefficient (Wildman–Crippen LogP) is 1.98. The van der Waals surface area contributed by atoms with Crippen molar-refractivity contribution >= 4 is 5.91 Å². The quantitative estimate of drug-likeness (QED) is 0.773. The van der Waals surface area contributed by atoms with Gasteiger partial charge in [-0.2, -0.15) is 0 Å². The van der Waals surface area contributed by atoms with Gasteiger partial charge in [0.05, 0.1) is 12.2 Å². The van der Waals surface area contributed by atoms with Crippen LogP contribution in [0, 0.1) is 5.41 Å². The van der Waals surface area contributed by atoms with Crippen molar-refractivity contribution in [2.24, 2.45) is 5.41 Å². The van der Waals surface area contributed by atoms with Gasteiger partial charge in [0.1, 0.15) is 0 Å². The Hall–Kier alpha value is -0.570. The summed E-state index contributed by atoms with van der Waals surface area (Å²) in [6, 6.07) is 0. The van der Waals surface area contributed by atoms with Crippen LogP contribution < -0.4 is 5.32 Å². The molecule has 0 aromatic carbocycles. The molecule has 0 aromatic rings. The maximum Gasteiger partial charge on any atom is 0.243 e. The first-order valence-corrected chi connectivity index (χ1v) is 5.89. The van der Waals surface area contributed by atoms with Gasteiger partial charge in [-0.1, -0.05) is 27.7 Å². The Morgan fingerprint density at radius 2 is 2.07 bits per heavy atom. The first-order valence-electron chi connectivity index (χ1n) is 5.89. The van der Waals surface area contributed by atoms with Crippen LogP contribution in [0.5, 0.6) is 0 Å². The fourth-order valence-corrected chi connectivity index (χ4v) is 1.80. The summed E-state index contributed by atoms with van der Waals surface area (Å²) in [5.41, 5.74) is -0.111. The van der Waals surface area contributed by atoms with Gasteiger partial charge in [0.2, 0.25) is 5.91 Å². The van der Waals surface area contributed by atoms with E-state index < -0.39 is 0 Å². The van der Waals surface area contributed by atoms with Crippen LogP contribution >= 0.6 is 0 Å². The van der Waals surface area contributed by atoms with E-state index in [9.17, 15) is 4.79 Å². The van der Waals surface area contributed by atoms with E-state index in [2.05, 4.69) is 33.0 Å². The summed E-state index contributed by atoms with van der Waals surface area (Å²) in [5, 5.41) is 3.31. The summed E-state index contributed by atoms with van der Waals surface area (Å²) in [4.78, 5) is 14.1. The molecule has 1 heterocycles. The summed E-state index contributed by atoms with van der Waals surface area (Å²) in [7, 11) is 0. The van der Waals surface area contributed by atoms with Crippen LogP contribution in [0.2, 0.25) is 0 Å². The van der Waals surface area contributed by atoms with Crippen molar-refractivity contribution in [2.75, 3.05) is 13.2 Å². The molecule has 0 aliphatic carbocycles. The lowest BCUT2D eigenvalue weighted by molar-refractivity contribution is -0.133. The third-order valence-electron chi connectivity index (χ3n) is 3.70. The first-order chi connectivity index (χ1) is 6.84. The zero-order chi connectivity index (χ0) is 11.7. The molecule has 1 atom stereocenters. The Labute approximate surface area is 93.2 Å². The highest BCUT2D eigenvalue weighted by Gasteiger charge is 2.41. The number of rotatable bonds is 4. The third-order valence-corrected chi connectivity index (χ3v) is 3.70. The van der Waals surface area contributed by atoms with Gasteiger partial charge in [0, 0.05) is 6.54 Å². The minimum atomic E-state index is -0.330. The molecule has 88 valence electrons. The van der Waals surface area contributed by atoms with Crippen molar-refractivity contribution < 1.29 is 4.79 Å². The van der Waals surface area contributed by atoms with E-state index in [0.29, 0.717) is 6.67 Å². The molecule has 1 N–H and O–H groups in total. The van der Waals surface area contributed by atoms with Gasteiger partial charge in [0.25, 0.3) is 0 Å². The van der Waals surface area contributed by atoms with E-state index in [-0.39, 0.29) is 16.9 Å². The number of hydrogen-bond acceptors (Lipinski definition) is 2. The van der Waals surface area contributed by atoms with Crippen LogP contribution in [0.4, 0.5) is 0 Å². The smallest absolute Gasteiger partial charge is 0.243 e. The maximum atomic E-state index is 12.1. The maximum absolute atomic E-state index is 12.1. The second-order valence-electron chi connectivity index (χ2n) is 5.54. The van der Waals surface area contributed by atoms with Gasteiger partial charge < -0.3 is 4.90 Å². The third kappa shape index (κ3) is 2.51. The highest BCUT2D eigenvalue weighted by Crippen LogP contribution is 2.26. The second kappa shape index (κ2) is 4.12. The van der Waals surface area contributed by atoms with Crippen molar-refractivity contribution in [1.82, 2.24) is 10.2 Å². The summed E-state index contributed by atoms with van der Waals surface area (Å²) in [6.07, 6.45) is 1.95. The Morgan fingerprint density at radius 1 is 1.47 bits per heavy atom. The van der Waals surface area contributed by atoms with E-state index in [1.165, 1.54) is 0 Å². The van der Waals surface area contributed by atoms with Crippen LogP contribution in [-0.2, 0) is 4.79 Å². The molecule has 1 aliphatic rings. The molecule has 3 nitrogen and oxygen atoms in total. The van der Waals surface area contributed by atoms with E-state index >= 15 is 0 Å². The molecule has 1 aliphatic heterocycles. The summed E-state index contributed by atoms with van der Waals surface area (Å²) < 4.78 is 0. The van der Waals surface area contributed by atoms with Crippen molar-refractivity contribution in [3.8, 4) is 0 Å². The zero-order valence-electron chi connectivity index (χ0n) is 10.7. The van der Waals surface area contributed by atoms with Gasteiger partial charge in [0.15, 0.2) is 0 Å². The molecule has 1 amide bonds. The van der Waals surface area contributed by atoms with E-state index in [1.54, 1.807) is 0 Å². The average molecular weight is 212 g/mol. The second-order valence-corrected chi connectivity index (χ2v) is 5.54. The highest BCUT2D eigenvalue weighted by molar-refractivity contribution is 5.87. The summed E-state index contributed by atoms with van der Waals surface area (Å²) >= 11 is 0. The minimum Gasteiger partial charge on any atom is -0.328 e. The largest absolute Gasteiger partial charge is 0.328 e. The first kappa shape index (κ1) is 12.5. The Morgan fingerprint density at radius 3 is 2.47 bits per heavy atom. The van der Waals surface area contributed by atoms with E-state index in [0.717, 1.165) is 19.4 Å². The van der Waals surface area contributed by atoms with Gasteiger partial charge in [-0.25, -0.2) is 0 Å². The average Bonchev–Trinajstić information content (AvgIpc) is 2.47. The molecule has 1 saturated heterocycles. The standard InChI is InChI=1S/C12H24N2O/c1-6-11(3,4)8-14-9-13-12(5,7-2)10(14)15/h13H,6-9H2,1-5H3. The Kier molecular flexibility index (Phi) is 3.44. The fraction of sp³-hybridized carbons (Fsp3) is 0.917. The van der Waals surface area contributed by atoms with Crippen LogP contribution in [0.1, 0.15) is 47.5 Å². The van der Waals surface area contributed by atoms with Crippen LogP contribution in [0.15, 0.2) is 0 Å². The van der Waals surface area contributed by atoms with Crippen molar-refractivity contribution in [1.29, 1.82) is 0 Å². The molecule has 0 bridgehead atoms. The number of nitrogens with zero attached hydrogens (tertiary/aromatic N) is 1. The predicted molar refractivity (Wildman–Crippen MR) is 62.5 cm³/mol. The lowest BCUT2D eigenvalue weighted by atomic mass is 9.89. The van der Waals surface area contributed by atoms with E-state index in [4.69, 9.17) is 0 Å². The van der Waals surface area contributed by atoms with E-state index in [1.807, 2.05) is 11.8 Å². The molecular weight excluding hydrogens is 188 g/mol. The molecule has 15 heavy (non-hydrogen) atoms. The lowest BCUT2D eigenvalue weighted by Gasteiger charge is -2.29. The summed E-state index contributed by atoms with van der Waals surface area (Å²) in [6.45, 7) is 12.2. The highest BCUT2D eigenvalue weighted by atomic mass is 16.2. The number of carbonyl (C=O) groups excluding carboxylic acids is 1. The van der Waals surface area contributed by atoms with Crippen molar-refractivity contribution in [2.45, 2.75) is 53.0 Å². The van der Waals surface area contributed by atoms with Gasteiger partial charge >= 0.3 is 0 Å². The minimum absolute atomic E-state index is 0.219. The normalized spacial score (nSPS) is 27.5. The zero-order valence-corrected chi connectivity index (χ0v) is 10.7. The molecule has 0 radical (unpaired) electrons. The van der Waals surface area contributed by atoms with Crippen molar-refractivity contribution in [3.05, 3.63) is 0 Å². The SMILES string of the molecule is CCC(C)(C)CN1CNC(C)(CC)C1=O. The number of amides is 1. The number of hydrogen-bond donors (Lipinski definition) is 1. The van der Waals surface area contributed by atoms with Gasteiger partial charge in [-0.15, -0.1) is 0 Å². The molecule has 0 aromatic heterocycles. The number of carbonyl (C=O) groups is 1. The van der Waals surface area contributed by atoms with Crippen LogP contribution in [0.3, 0.4) is 0 Å². The van der Waals surface area contributed by atoms with Crippen LogP contribution in [0.25, 0.3) is 0 Å². The molecule has 1 rings (SSSR count). The summed E-state index contributed by atoms with van der Waals surface area (Å²) in [5.74, 6) is 0.256. The molecule has 0 saturated carbocycles. The topological polar surface area (TPSA) is 32.3 Å².